The van der Waals surface area contributed by atoms with Gasteiger partial charge in [0.2, 0.25) is 0 Å². The lowest BCUT2D eigenvalue weighted by molar-refractivity contribution is -0.137. The normalized spacial score (nSPS) is 21.1. The van der Waals surface area contributed by atoms with E-state index in [0.29, 0.717) is 29.9 Å². The molecular formula is C22H21NO5S2. The fraction of sp³-hybridized carbons (Fsp3) is 0.273. The average molecular weight is 444 g/mol. The lowest BCUT2D eigenvalue weighted by Gasteiger charge is -2.34. The van der Waals surface area contributed by atoms with Crippen molar-refractivity contribution in [1.82, 2.24) is 4.98 Å². The third kappa shape index (κ3) is 3.97. The molecule has 6 nitrogen and oxygen atoms in total. The van der Waals surface area contributed by atoms with Crippen LogP contribution in [0.1, 0.15) is 41.9 Å². The van der Waals surface area contributed by atoms with E-state index in [-0.39, 0.29) is 12.2 Å². The molecule has 0 bridgehead atoms. The Hall–Kier alpha value is -2.71. The Morgan fingerprint density at radius 2 is 1.97 bits per heavy atom. The number of nitrogens with zero attached hydrogens (tertiary/aromatic N) is 1. The lowest BCUT2D eigenvalue weighted by atomic mass is 9.95. The molecule has 1 fully saturated rings. The van der Waals surface area contributed by atoms with Gasteiger partial charge in [-0.25, -0.2) is 13.4 Å². The molecule has 1 unspecified atom stereocenters. The zero-order chi connectivity index (χ0) is 21.2. The number of oxazole rings is 1. The molecule has 8 heteroatoms. The van der Waals surface area contributed by atoms with Crippen molar-refractivity contribution in [1.29, 1.82) is 0 Å². The standard InChI is InChI=1S/C22H21NO5S2/c24-21(25)13-22(11-1-2-12-30(22,26)27)20-10-9-19(29-20)17-6-3-16(4-7-17)5-8-18-14-23-15-28-18/h3-10,14-15H,1-2,11-13H2,(H,24,25)/b8-5+. The molecule has 4 rings (SSSR count). The molecule has 0 amide bonds. The topological polar surface area (TPSA) is 97.5 Å². The van der Waals surface area contributed by atoms with Gasteiger partial charge in [-0.3, -0.25) is 4.79 Å². The van der Waals surface area contributed by atoms with E-state index in [2.05, 4.69) is 4.98 Å². The summed E-state index contributed by atoms with van der Waals surface area (Å²) in [6.07, 6.45) is 8.02. The van der Waals surface area contributed by atoms with E-state index >= 15 is 0 Å². The second-order valence-electron chi connectivity index (χ2n) is 7.36. The summed E-state index contributed by atoms with van der Waals surface area (Å²) in [4.78, 5) is 16.9. The van der Waals surface area contributed by atoms with Crippen LogP contribution in [0.15, 0.2) is 53.4 Å². The number of carboxylic acid groups (broad SMARTS) is 1. The molecule has 1 aliphatic rings. The molecule has 3 aromatic rings. The highest BCUT2D eigenvalue weighted by Gasteiger charge is 2.49. The van der Waals surface area contributed by atoms with Crippen LogP contribution in [0.3, 0.4) is 0 Å². The smallest absolute Gasteiger partial charge is 0.305 e. The largest absolute Gasteiger partial charge is 0.481 e. The van der Waals surface area contributed by atoms with Gasteiger partial charge in [-0.15, -0.1) is 11.3 Å². The maximum atomic E-state index is 12.9. The zero-order valence-corrected chi connectivity index (χ0v) is 17.8. The summed E-state index contributed by atoms with van der Waals surface area (Å²) < 4.78 is 29.7. The van der Waals surface area contributed by atoms with Crippen LogP contribution in [-0.2, 0) is 19.4 Å². The van der Waals surface area contributed by atoms with Crippen LogP contribution >= 0.6 is 11.3 Å². The fourth-order valence-corrected chi connectivity index (χ4v) is 7.62. The van der Waals surface area contributed by atoms with E-state index in [1.54, 1.807) is 12.3 Å². The van der Waals surface area contributed by atoms with Crippen molar-refractivity contribution in [2.75, 3.05) is 5.75 Å². The third-order valence-corrected chi connectivity index (χ3v) is 9.47. The van der Waals surface area contributed by atoms with Crippen LogP contribution in [-0.4, -0.2) is 30.2 Å². The lowest BCUT2D eigenvalue weighted by Crippen LogP contribution is -2.41. The average Bonchev–Trinajstić information content (AvgIpc) is 3.40. The number of sulfone groups is 1. The molecule has 156 valence electrons. The first-order chi connectivity index (χ1) is 14.4. The maximum Gasteiger partial charge on any atom is 0.305 e. The first-order valence-electron chi connectivity index (χ1n) is 9.61. The van der Waals surface area contributed by atoms with Gasteiger partial charge in [0.15, 0.2) is 16.2 Å². The molecule has 1 N–H and O–H groups in total. The minimum atomic E-state index is -3.53. The van der Waals surface area contributed by atoms with Gasteiger partial charge in [-0.2, -0.15) is 0 Å². The fourth-order valence-electron chi connectivity index (χ4n) is 3.84. The molecule has 3 heterocycles. The Bertz CT molecular complexity index is 1160. The number of benzene rings is 1. The Balaban J connectivity index is 1.62. The number of rotatable bonds is 6. The summed E-state index contributed by atoms with van der Waals surface area (Å²) >= 11 is 1.37. The molecular weight excluding hydrogens is 422 g/mol. The summed E-state index contributed by atoms with van der Waals surface area (Å²) in [6, 6.07) is 11.5. The summed E-state index contributed by atoms with van der Waals surface area (Å²) in [5, 5.41) is 9.42. The van der Waals surface area contributed by atoms with Crippen LogP contribution in [0.25, 0.3) is 22.6 Å². The molecule has 0 radical (unpaired) electrons. The first kappa shape index (κ1) is 20.6. The predicted octanol–water partition coefficient (Wildman–Crippen LogP) is 4.84. The molecule has 1 saturated heterocycles. The molecule has 2 aromatic heterocycles. The molecule has 1 atom stereocenters. The van der Waals surface area contributed by atoms with Gasteiger partial charge in [0.25, 0.3) is 0 Å². The van der Waals surface area contributed by atoms with Crippen molar-refractivity contribution in [3.8, 4) is 10.4 Å². The summed E-state index contributed by atoms with van der Waals surface area (Å²) in [7, 11) is -3.53. The van der Waals surface area contributed by atoms with E-state index in [1.807, 2.05) is 42.5 Å². The Kier molecular flexibility index (Phi) is 5.62. The second kappa shape index (κ2) is 8.20. The Labute approximate surface area is 178 Å². The highest BCUT2D eigenvalue weighted by atomic mass is 32.2. The quantitative estimate of drug-likeness (QED) is 0.585. The van der Waals surface area contributed by atoms with Crippen LogP contribution in [0, 0.1) is 0 Å². The number of carbonyl (C=O) groups is 1. The van der Waals surface area contributed by atoms with E-state index in [9.17, 15) is 18.3 Å². The number of aliphatic carboxylic acids is 1. The highest BCUT2D eigenvalue weighted by molar-refractivity contribution is 7.92. The first-order valence-corrected chi connectivity index (χ1v) is 12.1. The van der Waals surface area contributed by atoms with Gasteiger partial charge in [0, 0.05) is 9.75 Å². The minimum absolute atomic E-state index is 0.0414. The van der Waals surface area contributed by atoms with E-state index in [4.69, 9.17) is 4.42 Å². The van der Waals surface area contributed by atoms with Gasteiger partial charge in [0.1, 0.15) is 10.5 Å². The van der Waals surface area contributed by atoms with E-state index in [1.165, 1.54) is 17.7 Å². The van der Waals surface area contributed by atoms with Gasteiger partial charge < -0.3 is 9.52 Å². The molecule has 30 heavy (non-hydrogen) atoms. The van der Waals surface area contributed by atoms with Crippen molar-refractivity contribution in [2.24, 2.45) is 0 Å². The van der Waals surface area contributed by atoms with Gasteiger partial charge in [-0.05, 0) is 42.2 Å². The zero-order valence-electron chi connectivity index (χ0n) is 16.2. The van der Waals surface area contributed by atoms with Gasteiger partial charge in [-0.1, -0.05) is 36.8 Å². The van der Waals surface area contributed by atoms with Crippen molar-refractivity contribution in [3.63, 3.8) is 0 Å². The SMILES string of the molecule is O=C(O)CC1(c2ccc(-c3ccc(/C=C/c4cnco4)cc3)s2)CCCCS1(=O)=O. The molecule has 0 aliphatic carbocycles. The van der Waals surface area contributed by atoms with Crippen molar-refractivity contribution >= 4 is 39.3 Å². The monoisotopic (exact) mass is 443 g/mol. The molecule has 1 aromatic carbocycles. The second-order valence-corrected chi connectivity index (χ2v) is 10.9. The van der Waals surface area contributed by atoms with Crippen molar-refractivity contribution < 1.29 is 22.7 Å². The number of thiophene rings is 1. The number of carboxylic acids is 1. The summed E-state index contributed by atoms with van der Waals surface area (Å²) in [5.41, 5.74) is 1.95. The van der Waals surface area contributed by atoms with Crippen LogP contribution < -0.4 is 0 Å². The van der Waals surface area contributed by atoms with E-state index < -0.39 is 20.6 Å². The predicted molar refractivity (Wildman–Crippen MR) is 117 cm³/mol. The summed E-state index contributed by atoms with van der Waals surface area (Å²) in [6.45, 7) is 0. The summed E-state index contributed by atoms with van der Waals surface area (Å²) in [5.74, 6) is -0.377. The minimum Gasteiger partial charge on any atom is -0.481 e. The van der Waals surface area contributed by atoms with Crippen LogP contribution in [0.4, 0.5) is 0 Å². The van der Waals surface area contributed by atoms with Crippen molar-refractivity contribution in [2.45, 2.75) is 30.4 Å². The van der Waals surface area contributed by atoms with Gasteiger partial charge >= 0.3 is 5.97 Å². The number of hydrogen-bond acceptors (Lipinski definition) is 6. The highest BCUT2D eigenvalue weighted by Crippen LogP contribution is 2.47. The van der Waals surface area contributed by atoms with Crippen LogP contribution in [0.5, 0.6) is 0 Å². The van der Waals surface area contributed by atoms with E-state index in [0.717, 1.165) is 16.0 Å². The van der Waals surface area contributed by atoms with Crippen molar-refractivity contribution in [3.05, 3.63) is 65.2 Å². The third-order valence-electron chi connectivity index (χ3n) is 5.42. The Morgan fingerprint density at radius 1 is 1.17 bits per heavy atom. The van der Waals surface area contributed by atoms with Crippen LogP contribution in [0.2, 0.25) is 0 Å². The van der Waals surface area contributed by atoms with Gasteiger partial charge in [0.05, 0.1) is 18.4 Å². The Morgan fingerprint density at radius 3 is 2.63 bits per heavy atom. The molecule has 0 spiro atoms. The number of aromatic nitrogens is 1. The molecule has 1 aliphatic heterocycles. The number of hydrogen-bond donors (Lipinski definition) is 1. The molecule has 0 saturated carbocycles. The maximum absolute atomic E-state index is 12.9.